The molecule has 3 heterocycles. The van der Waals surface area contributed by atoms with Crippen LogP contribution >= 0.6 is 0 Å². The summed E-state index contributed by atoms with van der Waals surface area (Å²) in [4.78, 5) is 21.5. The largest absolute Gasteiger partial charge is 0.351 e. The van der Waals surface area contributed by atoms with Crippen molar-refractivity contribution in [2.45, 2.75) is 19.4 Å². The van der Waals surface area contributed by atoms with Crippen LogP contribution in [0.4, 0.5) is 5.95 Å². The number of allylic oxidation sites excluding steroid dienone is 1. The Morgan fingerprint density at radius 3 is 2.52 bits per heavy atom. The summed E-state index contributed by atoms with van der Waals surface area (Å²) in [7, 11) is 3.52. The molecule has 3 N–H and O–H groups in total. The van der Waals surface area contributed by atoms with E-state index in [1.165, 1.54) is 12.6 Å². The predicted octanol–water partition coefficient (Wildman–Crippen LogP) is 0.586. The van der Waals surface area contributed by atoms with Crippen molar-refractivity contribution in [3.8, 4) is 0 Å². The molecular formula is C22H32N6O. The molecular weight excluding hydrogens is 364 g/mol. The van der Waals surface area contributed by atoms with E-state index in [1.807, 2.05) is 19.2 Å². The zero-order valence-corrected chi connectivity index (χ0v) is 17.5. The van der Waals surface area contributed by atoms with Crippen molar-refractivity contribution in [1.82, 2.24) is 19.9 Å². The van der Waals surface area contributed by atoms with Gasteiger partial charge in [0.25, 0.3) is 0 Å². The number of rotatable bonds is 7. The van der Waals surface area contributed by atoms with Gasteiger partial charge in [-0.1, -0.05) is 25.3 Å². The van der Waals surface area contributed by atoms with Gasteiger partial charge in [-0.3, -0.25) is 4.79 Å². The maximum absolute atomic E-state index is 10.7. The van der Waals surface area contributed by atoms with Crippen LogP contribution in [0, 0.1) is 5.92 Å². The molecule has 0 saturated carbocycles. The Kier molecular flexibility index (Phi) is 8.76. The molecule has 1 aliphatic rings. The first-order valence-corrected chi connectivity index (χ1v) is 9.89. The van der Waals surface area contributed by atoms with Crippen LogP contribution in [-0.2, 0) is 13.6 Å². The molecule has 7 heteroatoms. The molecule has 0 amide bonds. The topological polar surface area (TPSA) is 89.1 Å². The smallest absolute Gasteiger partial charge is 0.225 e. The highest BCUT2D eigenvalue weighted by molar-refractivity contribution is 5.73. The fourth-order valence-corrected chi connectivity index (χ4v) is 3.52. The lowest BCUT2D eigenvalue weighted by Crippen LogP contribution is -2.38. The van der Waals surface area contributed by atoms with Crippen LogP contribution in [0.15, 0.2) is 31.2 Å². The van der Waals surface area contributed by atoms with E-state index in [-0.39, 0.29) is 0 Å². The number of nitrogens with two attached hydrogens (primary N) is 1. The fraction of sp³-hybridized carbons (Fsp3) is 0.409. The quantitative estimate of drug-likeness (QED) is 0.666. The summed E-state index contributed by atoms with van der Waals surface area (Å²) in [5.74, 6) is 1.36. The van der Waals surface area contributed by atoms with E-state index >= 15 is 0 Å². The Morgan fingerprint density at radius 1 is 1.28 bits per heavy atom. The third-order valence-corrected chi connectivity index (χ3v) is 5.16. The number of aldehydes is 1. The number of aryl methyl sites for hydroxylation is 1. The molecule has 0 unspecified atom stereocenters. The lowest BCUT2D eigenvalue weighted by molar-refractivity contribution is 0.112. The van der Waals surface area contributed by atoms with E-state index in [9.17, 15) is 4.79 Å². The number of nitrogens with zero attached hydrogens (tertiary/aromatic N) is 4. The Bertz CT molecular complexity index is 895. The molecule has 1 saturated heterocycles. The highest BCUT2D eigenvalue weighted by Gasteiger charge is 2.20. The van der Waals surface area contributed by atoms with Crippen molar-refractivity contribution in [3.05, 3.63) is 52.9 Å². The van der Waals surface area contributed by atoms with Gasteiger partial charge in [-0.15, -0.1) is 0 Å². The summed E-state index contributed by atoms with van der Waals surface area (Å²) in [6.07, 6.45) is 12.1. The van der Waals surface area contributed by atoms with Crippen LogP contribution in [0.2, 0.25) is 0 Å². The second kappa shape index (κ2) is 11.3. The van der Waals surface area contributed by atoms with Crippen molar-refractivity contribution < 1.29 is 4.79 Å². The van der Waals surface area contributed by atoms with E-state index in [0.717, 1.165) is 55.9 Å². The van der Waals surface area contributed by atoms with Crippen LogP contribution in [-0.4, -0.2) is 47.5 Å². The van der Waals surface area contributed by atoms with Gasteiger partial charge in [0.15, 0.2) is 6.29 Å². The Labute approximate surface area is 172 Å². The second-order valence-corrected chi connectivity index (χ2v) is 7.02. The summed E-state index contributed by atoms with van der Waals surface area (Å²) < 4.78 is 2.06. The fourth-order valence-electron chi connectivity index (χ4n) is 3.52. The maximum atomic E-state index is 10.7. The first-order chi connectivity index (χ1) is 14.1. The molecule has 156 valence electrons. The summed E-state index contributed by atoms with van der Waals surface area (Å²) in [5.41, 5.74) is 6.26. The standard InChI is InChI=1S/C21H27N5O.CH5N/c1-4-5-20-16(2)25(3)14-19(20)13-22-10-17-6-8-26(9-7-17)21-23-11-18(15-27)12-24-21;1-2/h4-5,11-12,14-15,17,22H,1-2,6-10,13H2,3H3;2H2,1H3/b20-5+;. The molecule has 7 nitrogen and oxygen atoms in total. The molecule has 2 aromatic rings. The van der Waals surface area contributed by atoms with Gasteiger partial charge < -0.3 is 20.5 Å². The van der Waals surface area contributed by atoms with E-state index in [4.69, 9.17) is 0 Å². The lowest BCUT2D eigenvalue weighted by atomic mass is 9.97. The third kappa shape index (κ3) is 5.85. The SMILES string of the molecule is C=C/C=c1/c(CNCC2CCN(c3ncc(C=O)cn3)CC2)cn(C)c1=C.CN. The van der Waals surface area contributed by atoms with Crippen LogP contribution in [0.1, 0.15) is 28.8 Å². The van der Waals surface area contributed by atoms with Gasteiger partial charge in [-0.05, 0) is 37.9 Å². The normalized spacial score (nSPS) is 15.0. The Balaban J connectivity index is 0.00000145. The molecule has 3 rings (SSSR count). The zero-order chi connectivity index (χ0) is 21.2. The first-order valence-electron chi connectivity index (χ1n) is 9.89. The van der Waals surface area contributed by atoms with Crippen molar-refractivity contribution in [3.63, 3.8) is 0 Å². The predicted molar refractivity (Wildman–Crippen MR) is 119 cm³/mol. The highest BCUT2D eigenvalue weighted by atomic mass is 16.1. The van der Waals surface area contributed by atoms with Crippen LogP contribution in [0.3, 0.4) is 0 Å². The van der Waals surface area contributed by atoms with Gasteiger partial charge in [-0.2, -0.15) is 0 Å². The molecule has 0 bridgehead atoms. The van der Waals surface area contributed by atoms with Crippen LogP contribution in [0.25, 0.3) is 12.7 Å². The Morgan fingerprint density at radius 2 is 1.93 bits per heavy atom. The molecule has 2 aromatic heterocycles. The first kappa shape index (κ1) is 22.5. The van der Waals surface area contributed by atoms with Gasteiger partial charge in [0.2, 0.25) is 5.95 Å². The van der Waals surface area contributed by atoms with Gasteiger partial charge in [-0.25, -0.2) is 9.97 Å². The third-order valence-electron chi connectivity index (χ3n) is 5.16. The van der Waals surface area contributed by atoms with E-state index in [2.05, 4.69) is 49.8 Å². The number of hydrogen-bond donors (Lipinski definition) is 2. The summed E-state index contributed by atoms with van der Waals surface area (Å²) >= 11 is 0. The maximum Gasteiger partial charge on any atom is 0.225 e. The van der Waals surface area contributed by atoms with Gasteiger partial charge in [0.05, 0.1) is 5.56 Å². The van der Waals surface area contributed by atoms with E-state index in [0.29, 0.717) is 17.4 Å². The molecule has 0 aromatic carbocycles. The monoisotopic (exact) mass is 396 g/mol. The number of anilines is 1. The van der Waals surface area contributed by atoms with E-state index in [1.54, 1.807) is 12.4 Å². The molecule has 0 atom stereocenters. The van der Waals surface area contributed by atoms with Crippen molar-refractivity contribution in [1.29, 1.82) is 0 Å². The summed E-state index contributed by atoms with van der Waals surface area (Å²) in [5, 5.41) is 5.77. The molecule has 1 aliphatic heterocycles. The van der Waals surface area contributed by atoms with Crippen molar-refractivity contribution >= 4 is 24.9 Å². The van der Waals surface area contributed by atoms with Crippen molar-refractivity contribution in [2.24, 2.45) is 18.7 Å². The zero-order valence-electron chi connectivity index (χ0n) is 17.5. The number of carbonyl (C=O) groups excluding carboxylic acids is 1. The van der Waals surface area contributed by atoms with Crippen LogP contribution in [0.5, 0.6) is 0 Å². The molecule has 1 fully saturated rings. The second-order valence-electron chi connectivity index (χ2n) is 7.02. The summed E-state index contributed by atoms with van der Waals surface area (Å²) in [6, 6.07) is 0. The minimum atomic E-state index is 0.511. The van der Waals surface area contributed by atoms with Crippen molar-refractivity contribution in [2.75, 3.05) is 31.6 Å². The minimum absolute atomic E-state index is 0.511. The summed E-state index contributed by atoms with van der Waals surface area (Å²) in [6.45, 7) is 11.6. The number of piperidine rings is 1. The van der Waals surface area contributed by atoms with Gasteiger partial charge in [0.1, 0.15) is 0 Å². The molecule has 0 aliphatic carbocycles. The van der Waals surface area contributed by atoms with Gasteiger partial charge >= 0.3 is 0 Å². The minimum Gasteiger partial charge on any atom is -0.351 e. The molecule has 29 heavy (non-hydrogen) atoms. The average Bonchev–Trinajstić information content (AvgIpc) is 3.04. The van der Waals surface area contributed by atoms with Gasteiger partial charge in [0, 0.05) is 55.8 Å². The Hall–Kier alpha value is -2.77. The number of carbonyl (C=O) groups is 1. The highest BCUT2D eigenvalue weighted by Crippen LogP contribution is 2.19. The average molecular weight is 397 g/mol. The molecule has 0 radical (unpaired) electrons. The number of nitrogens with one attached hydrogen (secondary N) is 1. The number of hydrogen-bond acceptors (Lipinski definition) is 6. The molecule has 0 spiro atoms. The van der Waals surface area contributed by atoms with Crippen LogP contribution < -0.4 is 26.5 Å². The number of aromatic nitrogens is 3. The van der Waals surface area contributed by atoms with E-state index < -0.39 is 0 Å². The lowest BCUT2D eigenvalue weighted by Gasteiger charge is -2.32.